The lowest BCUT2D eigenvalue weighted by molar-refractivity contribution is 0.0693. The van der Waals surface area contributed by atoms with Crippen LogP contribution >= 0.6 is 0 Å². The molecule has 0 radical (unpaired) electrons. The van der Waals surface area contributed by atoms with Crippen molar-refractivity contribution in [1.82, 2.24) is 9.21 Å². The Balaban J connectivity index is 1.88. The zero-order chi connectivity index (χ0) is 20.3. The van der Waals surface area contributed by atoms with Gasteiger partial charge in [-0.25, -0.2) is 8.42 Å². The number of benzene rings is 1. The van der Waals surface area contributed by atoms with Crippen molar-refractivity contribution in [3.8, 4) is 5.75 Å². The second-order valence-corrected chi connectivity index (χ2v) is 10.1. The predicted octanol–water partition coefficient (Wildman–Crippen LogP) is 3.52. The monoisotopic (exact) mass is 408 g/mol. The first kappa shape index (κ1) is 21.1. The summed E-state index contributed by atoms with van der Waals surface area (Å²) in [6.07, 6.45) is 7.01. The Morgan fingerprint density at radius 1 is 1.11 bits per heavy atom. The van der Waals surface area contributed by atoms with Gasteiger partial charge in [-0.2, -0.15) is 4.31 Å². The van der Waals surface area contributed by atoms with Gasteiger partial charge in [-0.05, 0) is 49.8 Å². The topological polar surface area (TPSA) is 66.9 Å². The highest BCUT2D eigenvalue weighted by molar-refractivity contribution is 7.89. The molecule has 1 aliphatic heterocycles. The fourth-order valence-corrected chi connectivity index (χ4v) is 5.65. The molecular formula is C21H32N2O4S. The van der Waals surface area contributed by atoms with Crippen LogP contribution in [0.25, 0.3) is 0 Å². The summed E-state index contributed by atoms with van der Waals surface area (Å²) in [5, 5.41) is 0. The summed E-state index contributed by atoms with van der Waals surface area (Å²) in [6, 6.07) is 4.67. The third kappa shape index (κ3) is 4.35. The summed E-state index contributed by atoms with van der Waals surface area (Å²) in [6.45, 7) is 3.58. The minimum absolute atomic E-state index is 0.0311. The first-order valence-corrected chi connectivity index (χ1v) is 11.7. The molecule has 7 heteroatoms. The number of methoxy groups -OCH3 is 1. The molecule has 1 saturated heterocycles. The van der Waals surface area contributed by atoms with Crippen molar-refractivity contribution in [3.63, 3.8) is 0 Å². The van der Waals surface area contributed by atoms with Crippen LogP contribution in [0.4, 0.5) is 0 Å². The minimum atomic E-state index is -3.65. The molecule has 1 aromatic carbocycles. The fourth-order valence-electron chi connectivity index (χ4n) is 4.20. The number of hydrogen-bond acceptors (Lipinski definition) is 4. The zero-order valence-corrected chi connectivity index (χ0v) is 18.0. The maximum atomic E-state index is 13.2. The smallest absolute Gasteiger partial charge is 0.257 e. The first-order chi connectivity index (χ1) is 13.3. The summed E-state index contributed by atoms with van der Waals surface area (Å²) in [5.74, 6) is 0.880. The Bertz CT molecular complexity index is 795. The van der Waals surface area contributed by atoms with Crippen LogP contribution in [0.2, 0.25) is 0 Å². The number of carbonyl (C=O) groups excluding carboxylic acids is 1. The van der Waals surface area contributed by atoms with Crippen LogP contribution in [0, 0.1) is 5.92 Å². The predicted molar refractivity (Wildman–Crippen MR) is 109 cm³/mol. The van der Waals surface area contributed by atoms with Crippen LogP contribution in [-0.4, -0.2) is 56.8 Å². The quantitative estimate of drug-likeness (QED) is 0.748. The molecule has 0 spiro atoms. The van der Waals surface area contributed by atoms with Gasteiger partial charge >= 0.3 is 0 Å². The molecule has 28 heavy (non-hydrogen) atoms. The van der Waals surface area contributed by atoms with Crippen molar-refractivity contribution in [2.45, 2.75) is 62.8 Å². The summed E-state index contributed by atoms with van der Waals surface area (Å²) in [5.41, 5.74) is 0.329. The van der Waals surface area contributed by atoms with Gasteiger partial charge in [0.1, 0.15) is 5.75 Å². The number of ether oxygens (including phenoxy) is 1. The number of carbonyl (C=O) groups is 1. The van der Waals surface area contributed by atoms with Crippen LogP contribution in [0.3, 0.4) is 0 Å². The summed E-state index contributed by atoms with van der Waals surface area (Å²) in [7, 11) is -0.490. The molecule has 0 bridgehead atoms. The van der Waals surface area contributed by atoms with Crippen LogP contribution in [0.15, 0.2) is 23.1 Å². The maximum absolute atomic E-state index is 13.2. The molecule has 1 amide bonds. The van der Waals surface area contributed by atoms with E-state index in [2.05, 4.69) is 6.92 Å². The van der Waals surface area contributed by atoms with E-state index < -0.39 is 10.0 Å². The lowest BCUT2D eigenvalue weighted by atomic mass is 9.96. The lowest BCUT2D eigenvalue weighted by Gasteiger charge is -2.31. The number of amides is 1. The molecule has 156 valence electrons. The molecular weight excluding hydrogens is 376 g/mol. The molecule has 0 unspecified atom stereocenters. The van der Waals surface area contributed by atoms with Crippen LogP contribution in [0.5, 0.6) is 5.75 Å². The third-order valence-electron chi connectivity index (χ3n) is 6.24. The number of rotatable bonds is 5. The van der Waals surface area contributed by atoms with E-state index in [1.54, 1.807) is 24.1 Å². The van der Waals surface area contributed by atoms with Gasteiger partial charge in [-0.15, -0.1) is 0 Å². The summed E-state index contributed by atoms with van der Waals surface area (Å²) in [4.78, 5) is 15.0. The van der Waals surface area contributed by atoms with E-state index in [-0.39, 0.29) is 16.8 Å². The molecule has 3 rings (SSSR count). The second-order valence-electron chi connectivity index (χ2n) is 8.15. The van der Waals surface area contributed by atoms with Crippen LogP contribution in [-0.2, 0) is 10.0 Å². The molecule has 2 aliphatic rings. The molecule has 1 aromatic rings. The van der Waals surface area contributed by atoms with E-state index in [9.17, 15) is 13.2 Å². The average Bonchev–Trinajstić information content (AvgIpc) is 2.73. The van der Waals surface area contributed by atoms with Crippen molar-refractivity contribution in [3.05, 3.63) is 23.8 Å². The lowest BCUT2D eigenvalue weighted by Crippen LogP contribution is -2.39. The van der Waals surface area contributed by atoms with Crippen molar-refractivity contribution < 1.29 is 17.9 Å². The van der Waals surface area contributed by atoms with Gasteiger partial charge in [0.15, 0.2) is 0 Å². The van der Waals surface area contributed by atoms with E-state index in [0.29, 0.717) is 30.3 Å². The Morgan fingerprint density at radius 2 is 1.75 bits per heavy atom. The van der Waals surface area contributed by atoms with E-state index >= 15 is 0 Å². The van der Waals surface area contributed by atoms with Gasteiger partial charge in [0.05, 0.1) is 17.6 Å². The molecule has 1 aliphatic carbocycles. The standard InChI is InChI=1S/C21H32N2O4S/c1-16-11-13-23(14-12-16)21(24)19-15-18(9-10-20(19)27-3)28(25,26)22(2)17-7-5-4-6-8-17/h9-10,15-17H,4-8,11-14H2,1-3H3. The SMILES string of the molecule is COc1ccc(S(=O)(=O)N(C)C2CCCCC2)cc1C(=O)N1CCC(C)CC1. The third-order valence-corrected chi connectivity index (χ3v) is 8.14. The Hall–Kier alpha value is -1.60. The van der Waals surface area contributed by atoms with E-state index in [0.717, 1.165) is 38.5 Å². The molecule has 0 atom stereocenters. The molecule has 1 saturated carbocycles. The van der Waals surface area contributed by atoms with Crippen molar-refractivity contribution in [1.29, 1.82) is 0 Å². The Morgan fingerprint density at radius 3 is 2.36 bits per heavy atom. The van der Waals surface area contributed by atoms with E-state index in [4.69, 9.17) is 4.74 Å². The van der Waals surface area contributed by atoms with Crippen LogP contribution < -0.4 is 4.74 Å². The summed E-state index contributed by atoms with van der Waals surface area (Å²) < 4.78 is 33.2. The highest BCUT2D eigenvalue weighted by Gasteiger charge is 2.31. The Labute approximate surface area is 168 Å². The van der Waals surface area contributed by atoms with Crippen molar-refractivity contribution >= 4 is 15.9 Å². The highest BCUT2D eigenvalue weighted by Crippen LogP contribution is 2.30. The molecule has 6 nitrogen and oxygen atoms in total. The van der Waals surface area contributed by atoms with Gasteiger partial charge in [-0.3, -0.25) is 4.79 Å². The average molecular weight is 409 g/mol. The zero-order valence-electron chi connectivity index (χ0n) is 17.2. The van der Waals surface area contributed by atoms with Crippen molar-refractivity contribution in [2.24, 2.45) is 5.92 Å². The number of sulfonamides is 1. The van der Waals surface area contributed by atoms with Crippen LogP contribution in [0.1, 0.15) is 62.2 Å². The minimum Gasteiger partial charge on any atom is -0.496 e. The van der Waals surface area contributed by atoms with E-state index in [1.807, 2.05) is 0 Å². The fraction of sp³-hybridized carbons (Fsp3) is 0.667. The van der Waals surface area contributed by atoms with Crippen molar-refractivity contribution in [2.75, 3.05) is 27.2 Å². The molecule has 0 aromatic heterocycles. The molecule has 1 heterocycles. The molecule has 0 N–H and O–H groups in total. The van der Waals surface area contributed by atoms with Gasteiger partial charge in [0.25, 0.3) is 5.91 Å². The highest BCUT2D eigenvalue weighted by atomic mass is 32.2. The molecule has 2 fully saturated rings. The number of hydrogen-bond donors (Lipinski definition) is 0. The Kier molecular flexibility index (Phi) is 6.65. The van der Waals surface area contributed by atoms with Gasteiger partial charge in [-0.1, -0.05) is 26.2 Å². The largest absolute Gasteiger partial charge is 0.496 e. The number of nitrogens with zero attached hydrogens (tertiary/aromatic N) is 2. The van der Waals surface area contributed by atoms with Gasteiger partial charge < -0.3 is 9.64 Å². The first-order valence-electron chi connectivity index (χ1n) is 10.3. The van der Waals surface area contributed by atoms with E-state index in [1.165, 1.54) is 23.9 Å². The number of piperidine rings is 1. The van der Waals surface area contributed by atoms with Gasteiger partial charge in [0, 0.05) is 26.2 Å². The normalized spacial score (nSPS) is 19.8. The number of likely N-dealkylation sites (tertiary alicyclic amines) is 1. The van der Waals surface area contributed by atoms with Gasteiger partial charge in [0.2, 0.25) is 10.0 Å². The maximum Gasteiger partial charge on any atom is 0.257 e. The summed E-state index contributed by atoms with van der Waals surface area (Å²) >= 11 is 0. The second kappa shape index (κ2) is 8.82.